The summed E-state index contributed by atoms with van der Waals surface area (Å²) < 4.78 is 0. The van der Waals surface area contributed by atoms with E-state index in [0.29, 0.717) is 11.7 Å². The Bertz CT molecular complexity index is 111. The van der Waals surface area contributed by atoms with Crippen LogP contribution in [0.15, 0.2) is 0 Å². The van der Waals surface area contributed by atoms with Crippen molar-refractivity contribution in [2.24, 2.45) is 5.92 Å². The van der Waals surface area contributed by atoms with Crippen molar-refractivity contribution in [3.05, 3.63) is 0 Å². The van der Waals surface area contributed by atoms with Crippen LogP contribution in [0, 0.1) is 5.92 Å². The van der Waals surface area contributed by atoms with Crippen LogP contribution >= 0.6 is 0 Å². The Labute approximate surface area is 57.1 Å². The summed E-state index contributed by atoms with van der Waals surface area (Å²) in [7, 11) is 2.23. The van der Waals surface area contributed by atoms with E-state index in [-0.39, 0.29) is 0 Å². The van der Waals surface area contributed by atoms with E-state index >= 15 is 0 Å². The lowest BCUT2D eigenvalue weighted by atomic mass is 9.59. The molecular weight excluding hydrogens is 111 g/mol. The minimum atomic E-state index is 0.360. The van der Waals surface area contributed by atoms with Gasteiger partial charge in [-0.15, -0.1) is 0 Å². The van der Waals surface area contributed by atoms with Crippen molar-refractivity contribution in [2.75, 3.05) is 0 Å². The fourth-order valence-electron chi connectivity index (χ4n) is 1.29. The maximum atomic E-state index is 11.0. The molecule has 0 aromatic carbocycles. The minimum Gasteiger partial charge on any atom is -0.299 e. The highest BCUT2D eigenvalue weighted by molar-refractivity contribution is 6.38. The molecular formula is C7H12BO. The number of hydrogen-bond donors (Lipinski definition) is 0. The van der Waals surface area contributed by atoms with Gasteiger partial charge in [-0.3, -0.25) is 4.79 Å². The Morgan fingerprint density at radius 2 is 2.56 bits per heavy atom. The Morgan fingerprint density at radius 1 is 1.78 bits per heavy atom. The maximum Gasteiger partial charge on any atom is 0.134 e. The lowest BCUT2D eigenvalue weighted by molar-refractivity contribution is -0.122. The van der Waals surface area contributed by atoms with Crippen LogP contribution in [0.3, 0.4) is 0 Å². The van der Waals surface area contributed by atoms with Crippen LogP contribution < -0.4 is 0 Å². The van der Waals surface area contributed by atoms with E-state index in [2.05, 4.69) is 14.2 Å². The van der Waals surface area contributed by atoms with Gasteiger partial charge in [-0.1, -0.05) is 19.6 Å². The number of ketones is 1. The van der Waals surface area contributed by atoms with Crippen LogP contribution in [0.25, 0.3) is 0 Å². The second-order valence-corrected chi connectivity index (χ2v) is 2.63. The zero-order valence-corrected chi connectivity index (χ0v) is 5.89. The zero-order chi connectivity index (χ0) is 6.69. The third-order valence-electron chi connectivity index (χ3n) is 1.99. The van der Waals surface area contributed by atoms with Gasteiger partial charge in [-0.25, -0.2) is 0 Å². The molecule has 1 unspecified atom stereocenters. The van der Waals surface area contributed by atoms with Gasteiger partial charge < -0.3 is 0 Å². The highest BCUT2D eigenvalue weighted by atomic mass is 16.1. The topological polar surface area (TPSA) is 17.1 Å². The normalized spacial score (nSPS) is 27.7. The quantitative estimate of drug-likeness (QED) is 0.483. The first kappa shape index (κ1) is 6.85. The lowest BCUT2D eigenvalue weighted by Gasteiger charge is -2.17. The van der Waals surface area contributed by atoms with Gasteiger partial charge in [-0.2, -0.15) is 0 Å². The molecule has 1 heterocycles. The molecule has 1 fully saturated rings. The summed E-state index contributed by atoms with van der Waals surface area (Å²) in [5.74, 6) is 0.832. The molecule has 0 spiro atoms. The molecule has 1 aliphatic heterocycles. The lowest BCUT2D eigenvalue weighted by Crippen LogP contribution is -2.20. The van der Waals surface area contributed by atoms with Crippen molar-refractivity contribution in [1.29, 1.82) is 0 Å². The molecule has 0 aromatic rings. The SMILES string of the molecule is CCC1C[B]CCC1=O. The molecule has 1 radical (unpaired) electrons. The standard InChI is InChI=1S/C7H12BO/c1-2-6-5-8-4-3-7(6)9/h6H,2-5H2,1H3. The Balaban J connectivity index is 2.39. The molecule has 1 nitrogen and oxygen atoms in total. The number of Topliss-reactive ketones (excluding diaryl/α,β-unsaturated/α-hetero) is 1. The van der Waals surface area contributed by atoms with Gasteiger partial charge in [-0.05, 0) is 12.8 Å². The molecule has 0 aromatic heterocycles. The summed E-state index contributed by atoms with van der Waals surface area (Å²) >= 11 is 0. The first-order valence-corrected chi connectivity index (χ1v) is 3.69. The monoisotopic (exact) mass is 123 g/mol. The van der Waals surface area contributed by atoms with Crippen molar-refractivity contribution in [1.82, 2.24) is 0 Å². The first-order valence-electron chi connectivity index (χ1n) is 3.69. The van der Waals surface area contributed by atoms with Crippen LogP contribution in [0.1, 0.15) is 19.8 Å². The minimum absolute atomic E-state index is 0.360. The van der Waals surface area contributed by atoms with Crippen molar-refractivity contribution in [2.45, 2.75) is 32.4 Å². The third-order valence-corrected chi connectivity index (χ3v) is 1.99. The van der Waals surface area contributed by atoms with Crippen molar-refractivity contribution < 1.29 is 4.79 Å². The van der Waals surface area contributed by atoms with Gasteiger partial charge >= 0.3 is 0 Å². The second-order valence-electron chi connectivity index (χ2n) is 2.63. The number of carbonyl (C=O) groups is 1. The average Bonchev–Trinajstić information content (AvgIpc) is 1.89. The van der Waals surface area contributed by atoms with Crippen LogP contribution in [0.4, 0.5) is 0 Å². The van der Waals surface area contributed by atoms with E-state index in [1.165, 1.54) is 0 Å². The summed E-state index contributed by atoms with van der Waals surface area (Å²) in [4.78, 5) is 11.0. The molecule has 0 amide bonds. The van der Waals surface area contributed by atoms with Gasteiger partial charge in [0.1, 0.15) is 13.1 Å². The van der Waals surface area contributed by atoms with Gasteiger partial charge in [0.05, 0.1) is 0 Å². The predicted octanol–water partition coefficient (Wildman–Crippen LogP) is 1.53. The van der Waals surface area contributed by atoms with Crippen LogP contribution in [0.5, 0.6) is 0 Å². The molecule has 9 heavy (non-hydrogen) atoms. The molecule has 1 rings (SSSR count). The Kier molecular flexibility index (Phi) is 2.32. The smallest absolute Gasteiger partial charge is 0.134 e. The molecule has 1 saturated heterocycles. The number of rotatable bonds is 1. The molecule has 0 N–H and O–H groups in total. The van der Waals surface area contributed by atoms with Gasteiger partial charge in [0.25, 0.3) is 0 Å². The molecule has 1 atom stereocenters. The van der Waals surface area contributed by atoms with E-state index in [9.17, 15) is 4.79 Å². The van der Waals surface area contributed by atoms with E-state index in [0.717, 1.165) is 25.5 Å². The van der Waals surface area contributed by atoms with Crippen molar-refractivity contribution >= 4 is 13.1 Å². The largest absolute Gasteiger partial charge is 0.299 e. The van der Waals surface area contributed by atoms with Crippen molar-refractivity contribution in [3.63, 3.8) is 0 Å². The fourth-order valence-corrected chi connectivity index (χ4v) is 1.29. The second kappa shape index (κ2) is 3.04. The zero-order valence-electron chi connectivity index (χ0n) is 5.89. The Morgan fingerprint density at radius 3 is 3.00 bits per heavy atom. The number of carbonyl (C=O) groups excluding carboxylic acids is 1. The molecule has 2 heteroatoms. The summed E-state index contributed by atoms with van der Waals surface area (Å²) in [6.45, 7) is 2.09. The molecule has 49 valence electrons. The predicted molar refractivity (Wildman–Crippen MR) is 38.8 cm³/mol. The molecule has 1 aliphatic rings. The van der Waals surface area contributed by atoms with E-state index < -0.39 is 0 Å². The summed E-state index contributed by atoms with van der Waals surface area (Å²) in [6.07, 6.45) is 3.85. The summed E-state index contributed by atoms with van der Waals surface area (Å²) in [6, 6.07) is 0. The van der Waals surface area contributed by atoms with Gasteiger partial charge in [0, 0.05) is 5.92 Å². The van der Waals surface area contributed by atoms with Crippen molar-refractivity contribution in [3.8, 4) is 0 Å². The van der Waals surface area contributed by atoms with E-state index in [1.54, 1.807) is 0 Å². The van der Waals surface area contributed by atoms with E-state index in [1.807, 2.05) is 0 Å². The highest BCUT2D eigenvalue weighted by Crippen LogP contribution is 2.19. The van der Waals surface area contributed by atoms with Gasteiger partial charge in [0.2, 0.25) is 0 Å². The van der Waals surface area contributed by atoms with Crippen LogP contribution in [0.2, 0.25) is 12.6 Å². The summed E-state index contributed by atoms with van der Waals surface area (Å²) in [5, 5.41) is 0. The highest BCUT2D eigenvalue weighted by Gasteiger charge is 2.19. The Hall–Kier alpha value is -0.265. The van der Waals surface area contributed by atoms with Gasteiger partial charge in [0.15, 0.2) is 0 Å². The molecule has 0 bridgehead atoms. The van der Waals surface area contributed by atoms with E-state index in [4.69, 9.17) is 0 Å². The number of hydrogen-bond acceptors (Lipinski definition) is 1. The molecule has 0 aliphatic carbocycles. The average molecular weight is 123 g/mol. The summed E-state index contributed by atoms with van der Waals surface area (Å²) in [5.41, 5.74) is 0. The molecule has 0 saturated carbocycles. The first-order chi connectivity index (χ1) is 4.34. The third kappa shape index (κ3) is 1.57. The van der Waals surface area contributed by atoms with Crippen LogP contribution in [-0.4, -0.2) is 13.1 Å². The fraction of sp³-hybridized carbons (Fsp3) is 0.857. The van der Waals surface area contributed by atoms with Crippen LogP contribution in [-0.2, 0) is 4.79 Å². The maximum absolute atomic E-state index is 11.0.